The Bertz CT molecular complexity index is 602. The predicted octanol–water partition coefficient (Wildman–Crippen LogP) is -0.659. The highest BCUT2D eigenvalue weighted by Crippen LogP contribution is 2.19. The molecule has 0 amide bonds. The normalized spacial score (nSPS) is 12.9. The molecule has 21 heavy (non-hydrogen) atoms. The minimum atomic E-state index is -4.00. The van der Waals surface area contributed by atoms with Gasteiger partial charge in [0.2, 0.25) is 10.0 Å². The number of hydrogen-bond donors (Lipinski definition) is 3. The molecule has 0 aliphatic rings. The minimum Gasteiger partial charge on any atom is -0.465 e. The molecule has 0 bridgehead atoms. The van der Waals surface area contributed by atoms with E-state index in [9.17, 15) is 18.3 Å². The van der Waals surface area contributed by atoms with E-state index in [1.807, 2.05) is 0 Å². The number of carbonyl (C=O) groups is 1. The van der Waals surface area contributed by atoms with Crippen LogP contribution in [-0.2, 0) is 19.5 Å². The highest BCUT2D eigenvalue weighted by Gasteiger charge is 2.23. The van der Waals surface area contributed by atoms with Gasteiger partial charge in [0.05, 0.1) is 30.3 Å². The third-order valence-corrected chi connectivity index (χ3v) is 4.05. The predicted molar refractivity (Wildman–Crippen MR) is 75.3 cm³/mol. The van der Waals surface area contributed by atoms with Gasteiger partial charge in [-0.3, -0.25) is 0 Å². The maximum Gasteiger partial charge on any atom is 0.339 e. The maximum absolute atomic E-state index is 12.2. The first kappa shape index (κ1) is 17.4. The van der Waals surface area contributed by atoms with Crippen molar-refractivity contribution in [2.24, 2.45) is 0 Å². The van der Waals surface area contributed by atoms with Crippen molar-refractivity contribution in [3.63, 3.8) is 0 Å². The van der Waals surface area contributed by atoms with Crippen molar-refractivity contribution < 1.29 is 27.8 Å². The SMILES string of the molecule is COCC(O)CNS(=O)(=O)c1ccc(N)cc1C(=O)OC. The maximum atomic E-state index is 12.2. The first-order chi connectivity index (χ1) is 9.81. The molecular weight excluding hydrogens is 300 g/mol. The largest absolute Gasteiger partial charge is 0.465 e. The first-order valence-corrected chi connectivity index (χ1v) is 7.44. The van der Waals surface area contributed by atoms with Crippen molar-refractivity contribution in [1.29, 1.82) is 0 Å². The van der Waals surface area contributed by atoms with Crippen LogP contribution in [0.1, 0.15) is 10.4 Å². The van der Waals surface area contributed by atoms with E-state index in [1.165, 1.54) is 25.3 Å². The van der Waals surface area contributed by atoms with Crippen molar-refractivity contribution in [3.8, 4) is 0 Å². The van der Waals surface area contributed by atoms with Crippen LogP contribution in [0.25, 0.3) is 0 Å². The molecule has 0 saturated carbocycles. The van der Waals surface area contributed by atoms with Gasteiger partial charge in [-0.25, -0.2) is 17.9 Å². The molecule has 8 nitrogen and oxygen atoms in total. The number of esters is 1. The molecule has 0 aliphatic heterocycles. The van der Waals surface area contributed by atoms with Gasteiger partial charge < -0.3 is 20.3 Å². The number of benzene rings is 1. The van der Waals surface area contributed by atoms with E-state index in [-0.39, 0.29) is 29.3 Å². The first-order valence-electron chi connectivity index (χ1n) is 5.96. The van der Waals surface area contributed by atoms with E-state index >= 15 is 0 Å². The van der Waals surface area contributed by atoms with E-state index in [2.05, 4.69) is 9.46 Å². The number of nitrogens with one attached hydrogen (secondary N) is 1. The van der Waals surface area contributed by atoms with Gasteiger partial charge in [0.15, 0.2) is 0 Å². The van der Waals surface area contributed by atoms with E-state index in [1.54, 1.807) is 0 Å². The van der Waals surface area contributed by atoms with Gasteiger partial charge in [0, 0.05) is 19.3 Å². The van der Waals surface area contributed by atoms with Crippen molar-refractivity contribution in [3.05, 3.63) is 23.8 Å². The molecule has 0 saturated heterocycles. The van der Waals surface area contributed by atoms with Crippen LogP contribution in [0.4, 0.5) is 5.69 Å². The molecule has 1 unspecified atom stereocenters. The Kier molecular flexibility index (Phi) is 6.09. The Morgan fingerprint density at radius 2 is 2.10 bits per heavy atom. The standard InChI is InChI=1S/C12H18N2O6S/c1-19-7-9(15)6-14-21(17,18)11-4-3-8(13)5-10(11)12(16)20-2/h3-5,9,14-15H,6-7,13H2,1-2H3. The minimum absolute atomic E-state index is 0.0197. The summed E-state index contributed by atoms with van der Waals surface area (Å²) in [5.74, 6) is -0.819. The number of methoxy groups -OCH3 is 2. The van der Waals surface area contributed by atoms with Crippen LogP contribution in [-0.4, -0.2) is 53.0 Å². The second-order valence-electron chi connectivity index (χ2n) is 4.21. The van der Waals surface area contributed by atoms with Crippen LogP contribution in [0.15, 0.2) is 23.1 Å². The van der Waals surface area contributed by atoms with Gasteiger partial charge in [-0.2, -0.15) is 0 Å². The number of sulfonamides is 1. The summed E-state index contributed by atoms with van der Waals surface area (Å²) >= 11 is 0. The van der Waals surface area contributed by atoms with Gasteiger partial charge in [-0.1, -0.05) is 0 Å². The Hall–Kier alpha value is -1.68. The molecule has 0 fully saturated rings. The molecule has 0 aliphatic carbocycles. The summed E-state index contributed by atoms with van der Waals surface area (Å²) in [6.07, 6.45) is -1.000. The van der Waals surface area contributed by atoms with Crippen molar-refractivity contribution in [2.45, 2.75) is 11.0 Å². The number of anilines is 1. The number of carbonyl (C=O) groups excluding carboxylic acids is 1. The number of ether oxygens (including phenoxy) is 2. The summed E-state index contributed by atoms with van der Waals surface area (Å²) in [5.41, 5.74) is 5.60. The molecule has 0 aromatic heterocycles. The Labute approximate surface area is 122 Å². The molecule has 1 aromatic rings. The number of nitrogens with two attached hydrogens (primary N) is 1. The van der Waals surface area contributed by atoms with Gasteiger partial charge in [-0.15, -0.1) is 0 Å². The number of aliphatic hydroxyl groups excluding tert-OH is 1. The molecular formula is C12H18N2O6S. The fourth-order valence-electron chi connectivity index (χ4n) is 1.59. The van der Waals surface area contributed by atoms with Crippen LogP contribution in [0.5, 0.6) is 0 Å². The Balaban J connectivity index is 3.05. The number of hydrogen-bond acceptors (Lipinski definition) is 7. The summed E-state index contributed by atoms with van der Waals surface area (Å²) in [6.45, 7) is -0.269. The van der Waals surface area contributed by atoms with Crippen molar-refractivity contribution in [2.75, 3.05) is 33.1 Å². The average molecular weight is 318 g/mol. The van der Waals surface area contributed by atoms with E-state index in [4.69, 9.17) is 10.5 Å². The summed E-state index contributed by atoms with van der Waals surface area (Å²) in [4.78, 5) is 11.4. The molecule has 1 atom stereocenters. The summed E-state index contributed by atoms with van der Waals surface area (Å²) in [5, 5.41) is 9.46. The van der Waals surface area contributed by atoms with Crippen LogP contribution in [0.2, 0.25) is 0 Å². The van der Waals surface area contributed by atoms with Crippen LogP contribution >= 0.6 is 0 Å². The van der Waals surface area contributed by atoms with E-state index < -0.39 is 22.1 Å². The van der Waals surface area contributed by atoms with Crippen LogP contribution in [0.3, 0.4) is 0 Å². The molecule has 4 N–H and O–H groups in total. The lowest BCUT2D eigenvalue weighted by Gasteiger charge is -2.13. The van der Waals surface area contributed by atoms with Crippen molar-refractivity contribution in [1.82, 2.24) is 4.72 Å². The quantitative estimate of drug-likeness (QED) is 0.450. The van der Waals surface area contributed by atoms with Crippen LogP contribution < -0.4 is 10.5 Å². The highest BCUT2D eigenvalue weighted by molar-refractivity contribution is 7.89. The molecule has 9 heteroatoms. The van der Waals surface area contributed by atoms with Gasteiger partial charge in [0.25, 0.3) is 0 Å². The summed E-state index contributed by atoms with van der Waals surface area (Å²) < 4.78 is 35.8. The Morgan fingerprint density at radius 1 is 1.43 bits per heavy atom. The molecule has 0 heterocycles. The lowest BCUT2D eigenvalue weighted by Crippen LogP contribution is -2.35. The zero-order valence-electron chi connectivity index (χ0n) is 11.7. The lowest BCUT2D eigenvalue weighted by molar-refractivity contribution is 0.0596. The third kappa shape index (κ3) is 4.67. The van der Waals surface area contributed by atoms with E-state index in [0.717, 1.165) is 7.11 Å². The molecule has 1 rings (SSSR count). The molecule has 0 radical (unpaired) electrons. The zero-order chi connectivity index (χ0) is 16.0. The zero-order valence-corrected chi connectivity index (χ0v) is 12.5. The molecule has 0 spiro atoms. The van der Waals surface area contributed by atoms with Crippen LogP contribution in [0, 0.1) is 0 Å². The number of nitrogen functional groups attached to an aromatic ring is 1. The van der Waals surface area contributed by atoms with Gasteiger partial charge in [-0.05, 0) is 18.2 Å². The van der Waals surface area contributed by atoms with Crippen molar-refractivity contribution >= 4 is 21.7 Å². The number of aliphatic hydroxyl groups is 1. The molecule has 118 valence electrons. The van der Waals surface area contributed by atoms with Gasteiger partial charge >= 0.3 is 5.97 Å². The monoisotopic (exact) mass is 318 g/mol. The second kappa shape index (κ2) is 7.36. The summed E-state index contributed by atoms with van der Waals surface area (Å²) in [7, 11) is -1.48. The molecule has 1 aromatic carbocycles. The second-order valence-corrected chi connectivity index (χ2v) is 5.94. The topological polar surface area (TPSA) is 128 Å². The summed E-state index contributed by atoms with van der Waals surface area (Å²) in [6, 6.07) is 3.77. The lowest BCUT2D eigenvalue weighted by atomic mass is 10.2. The smallest absolute Gasteiger partial charge is 0.339 e. The van der Waals surface area contributed by atoms with Gasteiger partial charge in [0.1, 0.15) is 0 Å². The third-order valence-electron chi connectivity index (χ3n) is 2.57. The fourth-order valence-corrected chi connectivity index (χ4v) is 2.83. The average Bonchev–Trinajstić information content (AvgIpc) is 2.44. The number of rotatable bonds is 7. The Morgan fingerprint density at radius 3 is 2.67 bits per heavy atom. The fraction of sp³-hybridized carbons (Fsp3) is 0.417. The van der Waals surface area contributed by atoms with E-state index in [0.29, 0.717) is 0 Å². The highest BCUT2D eigenvalue weighted by atomic mass is 32.2.